The van der Waals surface area contributed by atoms with E-state index < -0.39 is 154 Å². The fourth-order valence-electron chi connectivity index (χ4n) is 8.47. The molecule has 2 aliphatic rings. The minimum Gasteiger partial charge on any atom is -0.354 e. The first-order chi connectivity index (χ1) is 33.5. The molecule has 0 saturated heterocycles. The van der Waals surface area contributed by atoms with Crippen LogP contribution in [-0.2, 0) is 0 Å². The third kappa shape index (κ3) is 6.93. The summed E-state index contributed by atoms with van der Waals surface area (Å²) < 4.78 is 231. The van der Waals surface area contributed by atoms with Crippen molar-refractivity contribution in [2.75, 3.05) is 0 Å². The van der Waals surface area contributed by atoms with E-state index in [9.17, 15) is 13.2 Å². The quantitative estimate of drug-likeness (QED) is 0.0874. The van der Waals surface area contributed by atoms with Crippen LogP contribution in [0.2, 0.25) is 0 Å². The van der Waals surface area contributed by atoms with E-state index in [0.29, 0.717) is 11.1 Å². The van der Waals surface area contributed by atoms with Crippen LogP contribution in [0.5, 0.6) is 0 Å². The molecule has 350 valence electrons. The number of aliphatic imine (C=N–C) groups is 1. The number of halogens is 15. The van der Waals surface area contributed by atoms with Gasteiger partial charge in [-0.3, -0.25) is 0 Å². The number of nitrogens with zero attached hydrogens (tertiary/aromatic N) is 1. The van der Waals surface area contributed by atoms with Crippen molar-refractivity contribution in [1.29, 1.82) is 0 Å². The van der Waals surface area contributed by atoms with Gasteiger partial charge < -0.3 is 15.0 Å². The van der Waals surface area contributed by atoms with Gasteiger partial charge in [-0.2, -0.15) is 0 Å². The molecule has 8 aromatic rings. The van der Waals surface area contributed by atoms with E-state index in [1.165, 1.54) is 18.2 Å². The summed E-state index contributed by atoms with van der Waals surface area (Å²) in [5, 5.41) is -1.31. The zero-order valence-corrected chi connectivity index (χ0v) is 34.5. The van der Waals surface area contributed by atoms with Crippen LogP contribution in [0.4, 0.5) is 65.9 Å². The molecule has 3 N–H and O–H groups in total. The molecular formula is C51H21F15N4. The van der Waals surface area contributed by atoms with E-state index >= 15 is 52.7 Å². The van der Waals surface area contributed by atoms with Gasteiger partial charge in [-0.25, -0.2) is 70.8 Å². The van der Waals surface area contributed by atoms with E-state index in [2.05, 4.69) is 19.9 Å². The van der Waals surface area contributed by atoms with E-state index in [4.69, 9.17) is 0 Å². The Kier molecular flexibility index (Phi) is 11.0. The Hall–Kier alpha value is -8.48. The highest BCUT2D eigenvalue weighted by atomic mass is 19.2. The Labute approximate surface area is 382 Å². The van der Waals surface area contributed by atoms with E-state index in [0.717, 1.165) is 30.3 Å². The van der Waals surface area contributed by atoms with Crippen LogP contribution in [0.1, 0.15) is 50.6 Å². The Morgan fingerprint density at radius 3 is 0.971 bits per heavy atom. The monoisotopic (exact) mass is 974 g/mol. The molecule has 0 saturated carbocycles. The lowest BCUT2D eigenvalue weighted by atomic mass is 9.89. The minimum absolute atomic E-state index is 0.0354. The molecule has 0 spiro atoms. The number of aromatic nitrogens is 3. The number of hydrogen-bond donors (Lipinski definition) is 3. The minimum atomic E-state index is -2.61. The van der Waals surface area contributed by atoms with Gasteiger partial charge in [-0.1, -0.05) is 60.7 Å². The van der Waals surface area contributed by atoms with Gasteiger partial charge in [0.05, 0.1) is 28.1 Å². The molecular weight excluding hydrogens is 954 g/mol. The smallest absolute Gasteiger partial charge is 0.200 e. The van der Waals surface area contributed by atoms with Crippen LogP contribution in [0.15, 0.2) is 120 Å². The summed E-state index contributed by atoms with van der Waals surface area (Å²) in [4.78, 5) is 12.6. The van der Waals surface area contributed by atoms with Crippen molar-refractivity contribution in [2.45, 2.75) is 0 Å². The van der Waals surface area contributed by atoms with Crippen molar-refractivity contribution in [3.8, 4) is 0 Å². The average molecular weight is 975 g/mol. The molecule has 0 atom stereocenters. The van der Waals surface area contributed by atoms with Crippen LogP contribution in [0.25, 0.3) is 27.9 Å². The summed E-state index contributed by atoms with van der Waals surface area (Å²) in [7, 11) is 0. The molecule has 0 fully saturated rings. The van der Waals surface area contributed by atoms with Crippen molar-refractivity contribution in [1.82, 2.24) is 15.0 Å². The Balaban J connectivity index is 1.45. The molecule has 70 heavy (non-hydrogen) atoms. The maximum absolute atomic E-state index is 16.1. The van der Waals surface area contributed by atoms with Crippen molar-refractivity contribution in [3.63, 3.8) is 0 Å². The highest BCUT2D eigenvalue weighted by Gasteiger charge is 2.35. The van der Waals surface area contributed by atoms with E-state index in [1.54, 1.807) is 60.7 Å². The predicted octanol–water partition coefficient (Wildman–Crippen LogP) is 12.0. The van der Waals surface area contributed by atoms with Crippen LogP contribution in [0, 0.1) is 87.3 Å². The predicted molar refractivity (Wildman–Crippen MR) is 225 cm³/mol. The zero-order valence-electron chi connectivity index (χ0n) is 34.5. The lowest BCUT2D eigenvalue weighted by molar-refractivity contribution is 0.376. The lowest BCUT2D eigenvalue weighted by Crippen LogP contribution is -2.21. The standard InChI is InChI=1S/C51H21F15N4/c52-37-34(38(53)44(59)49(64)43(37)58)31-23-13-11-21(67-23)29(19-7-3-1-4-8-19)30(20-9-5-2-6-10-20)22-12-14-24(68-22)32(35-39(54)45(60)50(65)46(61)40(35)55)26-16-18-28(70-26)33(27-17-15-25(31)69-27)36-41(56)47(62)51(66)48(63)42(36)57/h1-18,67,69-70H/b29-21?,30-22?,30-29-,31-23?,31-25+,32-24+,32-26?,33-27+,33-28?. The SMILES string of the molecule is Fc1c(F)c(F)c(/C2=C3\C=CC(=N3)/C(c3ccccc3)=C(/c3ccccc3)c3ccc([nH]3)/C(c3c(F)c(F)c(F)c(F)c3F)=c3/cc/c([nH]3)=C(\c3c(F)c(F)c(F)c(F)c3F)c3ccc2[nH]3)c(F)c1F. The molecule has 0 aliphatic carbocycles. The van der Waals surface area contributed by atoms with Gasteiger partial charge in [0.15, 0.2) is 69.8 Å². The molecule has 0 radical (unpaired) electrons. The largest absolute Gasteiger partial charge is 0.354 e. The van der Waals surface area contributed by atoms with Gasteiger partial charge >= 0.3 is 0 Å². The number of allylic oxidation sites excluding steroid dienone is 3. The van der Waals surface area contributed by atoms with Gasteiger partial charge in [-0.05, 0) is 59.7 Å². The fraction of sp³-hybridized carbons (Fsp3) is 0. The van der Waals surface area contributed by atoms with E-state index in [1.807, 2.05) is 0 Å². The topological polar surface area (TPSA) is 59.7 Å². The zero-order chi connectivity index (χ0) is 49.6. The second-order valence-electron chi connectivity index (χ2n) is 15.5. The first-order valence-corrected chi connectivity index (χ1v) is 20.2. The third-order valence-electron chi connectivity index (χ3n) is 11.6. The molecule has 0 amide bonds. The highest BCUT2D eigenvalue weighted by Crippen LogP contribution is 2.42. The van der Waals surface area contributed by atoms with Gasteiger partial charge in [0.2, 0.25) is 17.5 Å². The average Bonchev–Trinajstić information content (AvgIpc) is 4.23. The number of rotatable bonds is 5. The number of benzene rings is 5. The highest BCUT2D eigenvalue weighted by molar-refractivity contribution is 6.37. The molecule has 10 rings (SSSR count). The molecule has 0 unspecified atom stereocenters. The normalized spacial score (nSPS) is 17.4. The van der Waals surface area contributed by atoms with Gasteiger partial charge in [0, 0.05) is 61.3 Å². The molecule has 5 aromatic carbocycles. The van der Waals surface area contributed by atoms with Crippen LogP contribution < -0.4 is 10.7 Å². The van der Waals surface area contributed by atoms with E-state index in [-0.39, 0.29) is 22.6 Å². The lowest BCUT2D eigenvalue weighted by Gasteiger charge is -2.16. The Morgan fingerprint density at radius 1 is 0.271 bits per heavy atom. The van der Waals surface area contributed by atoms with Crippen LogP contribution >= 0.6 is 0 Å². The summed E-state index contributed by atoms with van der Waals surface area (Å²) >= 11 is 0. The summed E-state index contributed by atoms with van der Waals surface area (Å²) in [5.74, 6) is -36.6. The van der Waals surface area contributed by atoms with Crippen molar-refractivity contribution in [3.05, 3.63) is 263 Å². The Bertz CT molecular complexity index is 3730. The molecule has 2 aliphatic heterocycles. The van der Waals surface area contributed by atoms with Crippen molar-refractivity contribution < 1.29 is 65.9 Å². The van der Waals surface area contributed by atoms with Gasteiger partial charge in [-0.15, -0.1) is 0 Å². The number of hydrogen-bond acceptors (Lipinski definition) is 1. The second kappa shape index (κ2) is 16.9. The number of aromatic amines is 3. The molecule has 4 nitrogen and oxygen atoms in total. The second-order valence-corrected chi connectivity index (χ2v) is 15.5. The van der Waals surface area contributed by atoms with Crippen LogP contribution in [0.3, 0.4) is 0 Å². The Morgan fingerprint density at radius 2 is 0.586 bits per heavy atom. The molecule has 5 heterocycles. The van der Waals surface area contributed by atoms with Crippen molar-refractivity contribution >= 4 is 33.6 Å². The van der Waals surface area contributed by atoms with Crippen molar-refractivity contribution in [2.24, 2.45) is 4.99 Å². The van der Waals surface area contributed by atoms with Crippen LogP contribution in [-0.4, -0.2) is 20.7 Å². The number of H-pyrrole nitrogens is 3. The first kappa shape index (κ1) is 45.3. The summed E-state index contributed by atoms with van der Waals surface area (Å²) in [6.07, 6.45) is 2.42. The first-order valence-electron chi connectivity index (χ1n) is 20.2. The maximum Gasteiger partial charge on any atom is 0.200 e. The van der Waals surface area contributed by atoms with Gasteiger partial charge in [0.25, 0.3) is 0 Å². The molecule has 8 bridgehead atoms. The fourth-order valence-corrected chi connectivity index (χ4v) is 8.47. The number of fused-ring (bicyclic) bond motifs is 7. The number of nitrogens with one attached hydrogen (secondary N) is 3. The third-order valence-corrected chi connectivity index (χ3v) is 11.6. The van der Waals surface area contributed by atoms with Gasteiger partial charge in [0.1, 0.15) is 0 Å². The summed E-state index contributed by atoms with van der Waals surface area (Å²) in [6.45, 7) is 0. The molecule has 19 heteroatoms. The maximum atomic E-state index is 16.1. The summed E-state index contributed by atoms with van der Waals surface area (Å²) in [5.41, 5.74) is -8.75. The molecule has 3 aromatic heterocycles. The summed E-state index contributed by atoms with van der Waals surface area (Å²) in [6, 6.07) is 22.2.